The summed E-state index contributed by atoms with van der Waals surface area (Å²) in [6.07, 6.45) is 0. The third-order valence-electron chi connectivity index (χ3n) is 1.61. The first-order chi connectivity index (χ1) is 6.68. The van der Waals surface area contributed by atoms with Crippen molar-refractivity contribution in [3.63, 3.8) is 0 Å². The maximum absolute atomic E-state index is 5.25. The van der Waals surface area contributed by atoms with Crippen molar-refractivity contribution in [2.75, 3.05) is 6.54 Å². The zero-order valence-corrected chi connectivity index (χ0v) is 9.00. The molecule has 0 fully saturated rings. The minimum atomic E-state index is 0.158. The highest BCUT2D eigenvalue weighted by atomic mass is 32.2. The van der Waals surface area contributed by atoms with Crippen LogP contribution in [-0.4, -0.2) is 17.8 Å². The van der Waals surface area contributed by atoms with Gasteiger partial charge in [0.25, 0.3) is 0 Å². The summed E-state index contributed by atoms with van der Waals surface area (Å²) >= 11 is 1.77. The van der Waals surface area contributed by atoms with Crippen molar-refractivity contribution in [3.8, 4) is 0 Å². The molecular formula is C10H15N3S. The lowest BCUT2D eigenvalue weighted by Crippen LogP contribution is -2.24. The van der Waals surface area contributed by atoms with E-state index in [0.717, 1.165) is 0 Å². The van der Waals surface area contributed by atoms with Crippen LogP contribution in [0, 0.1) is 0 Å². The van der Waals surface area contributed by atoms with Crippen molar-refractivity contribution in [3.05, 3.63) is 30.3 Å². The second-order valence-electron chi connectivity index (χ2n) is 3.01. The minimum Gasteiger partial charge on any atom is -0.370 e. The predicted molar refractivity (Wildman–Crippen MR) is 62.4 cm³/mol. The van der Waals surface area contributed by atoms with Gasteiger partial charge in [0.05, 0.1) is 6.54 Å². The van der Waals surface area contributed by atoms with E-state index in [2.05, 4.69) is 24.0 Å². The molecule has 0 radical (unpaired) electrons. The zero-order chi connectivity index (χ0) is 10.4. The van der Waals surface area contributed by atoms with Crippen LogP contribution in [0.25, 0.3) is 0 Å². The van der Waals surface area contributed by atoms with Crippen LogP contribution in [0.5, 0.6) is 0 Å². The summed E-state index contributed by atoms with van der Waals surface area (Å²) in [6.45, 7) is 2.76. The number of nitrogens with two attached hydrogens (primary N) is 2. The quantitative estimate of drug-likeness (QED) is 0.448. The van der Waals surface area contributed by atoms with Gasteiger partial charge >= 0.3 is 0 Å². The van der Waals surface area contributed by atoms with Crippen LogP contribution in [0.3, 0.4) is 0 Å². The van der Waals surface area contributed by atoms with Crippen molar-refractivity contribution < 1.29 is 0 Å². The molecule has 76 valence electrons. The molecule has 0 bridgehead atoms. The molecule has 0 aliphatic heterocycles. The van der Waals surface area contributed by atoms with Crippen molar-refractivity contribution >= 4 is 17.7 Å². The number of guanidine groups is 1. The molecule has 0 spiro atoms. The van der Waals surface area contributed by atoms with Gasteiger partial charge in [-0.2, -0.15) is 0 Å². The molecule has 0 saturated heterocycles. The highest BCUT2D eigenvalue weighted by Crippen LogP contribution is 2.22. The minimum absolute atomic E-state index is 0.158. The van der Waals surface area contributed by atoms with Gasteiger partial charge in [0.2, 0.25) is 0 Å². The summed E-state index contributed by atoms with van der Waals surface area (Å²) in [4.78, 5) is 5.21. The van der Waals surface area contributed by atoms with Crippen LogP contribution in [0.15, 0.2) is 40.2 Å². The molecule has 0 aromatic heterocycles. The normalized spacial score (nSPS) is 12.1. The number of rotatable bonds is 4. The lowest BCUT2D eigenvalue weighted by Gasteiger charge is -2.07. The van der Waals surface area contributed by atoms with Gasteiger partial charge in [-0.15, -0.1) is 11.8 Å². The van der Waals surface area contributed by atoms with Crippen molar-refractivity contribution in [2.45, 2.75) is 17.1 Å². The first-order valence-corrected chi connectivity index (χ1v) is 5.33. The Labute approximate surface area is 88.6 Å². The summed E-state index contributed by atoms with van der Waals surface area (Å²) in [5, 5.41) is 0.388. The number of nitrogens with zero attached hydrogens (tertiary/aromatic N) is 1. The molecule has 0 heterocycles. The SMILES string of the molecule is CC(CN=C(N)N)Sc1ccccc1. The van der Waals surface area contributed by atoms with Gasteiger partial charge in [0, 0.05) is 10.1 Å². The molecule has 1 aromatic carbocycles. The van der Waals surface area contributed by atoms with E-state index in [1.54, 1.807) is 11.8 Å². The third kappa shape index (κ3) is 4.18. The Morgan fingerprint density at radius 1 is 1.36 bits per heavy atom. The lowest BCUT2D eigenvalue weighted by atomic mass is 10.4. The van der Waals surface area contributed by atoms with E-state index in [9.17, 15) is 0 Å². The Kier molecular flexibility index (Phi) is 4.32. The molecular weight excluding hydrogens is 194 g/mol. The lowest BCUT2D eigenvalue weighted by molar-refractivity contribution is 0.945. The molecule has 0 amide bonds. The monoisotopic (exact) mass is 209 g/mol. The molecule has 4 heteroatoms. The Bertz CT molecular complexity index is 293. The number of hydrogen-bond donors (Lipinski definition) is 2. The topological polar surface area (TPSA) is 64.4 Å². The molecule has 0 saturated carbocycles. The molecule has 4 N–H and O–H groups in total. The first kappa shape index (κ1) is 10.9. The second kappa shape index (κ2) is 5.54. The molecule has 1 unspecified atom stereocenters. The standard InChI is InChI=1S/C10H15N3S/c1-8(7-13-10(11)12)14-9-5-3-2-4-6-9/h2-6,8H,7H2,1H3,(H4,11,12,13). The van der Waals surface area contributed by atoms with E-state index in [1.807, 2.05) is 18.2 Å². The first-order valence-electron chi connectivity index (χ1n) is 4.45. The van der Waals surface area contributed by atoms with Crippen LogP contribution >= 0.6 is 11.8 Å². The molecule has 0 aliphatic carbocycles. The largest absolute Gasteiger partial charge is 0.370 e. The zero-order valence-electron chi connectivity index (χ0n) is 8.18. The summed E-state index contributed by atoms with van der Waals surface area (Å²) in [5.41, 5.74) is 10.5. The van der Waals surface area contributed by atoms with Gasteiger partial charge in [-0.25, -0.2) is 0 Å². The van der Waals surface area contributed by atoms with Crippen LogP contribution in [0.4, 0.5) is 0 Å². The van der Waals surface area contributed by atoms with Crippen LogP contribution in [0.1, 0.15) is 6.92 Å². The molecule has 1 atom stereocenters. The highest BCUT2D eigenvalue weighted by molar-refractivity contribution is 8.00. The smallest absolute Gasteiger partial charge is 0.185 e. The maximum atomic E-state index is 5.25. The van der Waals surface area contributed by atoms with Gasteiger partial charge in [0.1, 0.15) is 0 Å². The summed E-state index contributed by atoms with van der Waals surface area (Å²) in [5.74, 6) is 0.158. The Morgan fingerprint density at radius 3 is 2.57 bits per heavy atom. The van der Waals surface area contributed by atoms with Crippen LogP contribution in [0.2, 0.25) is 0 Å². The highest BCUT2D eigenvalue weighted by Gasteiger charge is 2.02. The number of thioether (sulfide) groups is 1. The van der Waals surface area contributed by atoms with Crippen molar-refractivity contribution in [2.24, 2.45) is 16.5 Å². The van der Waals surface area contributed by atoms with E-state index in [4.69, 9.17) is 11.5 Å². The van der Waals surface area contributed by atoms with E-state index >= 15 is 0 Å². The van der Waals surface area contributed by atoms with E-state index < -0.39 is 0 Å². The molecule has 1 rings (SSSR count). The van der Waals surface area contributed by atoms with E-state index in [0.29, 0.717) is 11.8 Å². The van der Waals surface area contributed by atoms with Gasteiger partial charge < -0.3 is 11.5 Å². The van der Waals surface area contributed by atoms with Crippen LogP contribution < -0.4 is 11.5 Å². The summed E-state index contributed by atoms with van der Waals surface area (Å²) in [6, 6.07) is 10.2. The number of benzene rings is 1. The fourth-order valence-corrected chi connectivity index (χ4v) is 1.93. The second-order valence-corrected chi connectivity index (χ2v) is 4.52. The van der Waals surface area contributed by atoms with Crippen LogP contribution in [-0.2, 0) is 0 Å². The van der Waals surface area contributed by atoms with Gasteiger partial charge in [-0.05, 0) is 12.1 Å². The Morgan fingerprint density at radius 2 is 2.00 bits per heavy atom. The number of hydrogen-bond acceptors (Lipinski definition) is 2. The van der Waals surface area contributed by atoms with Crippen molar-refractivity contribution in [1.29, 1.82) is 0 Å². The molecule has 1 aromatic rings. The summed E-state index contributed by atoms with van der Waals surface area (Å²) in [7, 11) is 0. The average Bonchev–Trinajstić information content (AvgIpc) is 2.16. The van der Waals surface area contributed by atoms with E-state index in [1.165, 1.54) is 4.90 Å². The molecule has 3 nitrogen and oxygen atoms in total. The third-order valence-corrected chi connectivity index (χ3v) is 2.71. The van der Waals surface area contributed by atoms with Gasteiger partial charge in [-0.3, -0.25) is 4.99 Å². The fraction of sp³-hybridized carbons (Fsp3) is 0.300. The van der Waals surface area contributed by atoms with Crippen molar-refractivity contribution in [1.82, 2.24) is 0 Å². The Balaban J connectivity index is 2.42. The van der Waals surface area contributed by atoms with Gasteiger partial charge in [0.15, 0.2) is 5.96 Å². The van der Waals surface area contributed by atoms with E-state index in [-0.39, 0.29) is 5.96 Å². The molecule has 0 aliphatic rings. The summed E-state index contributed by atoms with van der Waals surface area (Å²) < 4.78 is 0. The average molecular weight is 209 g/mol. The number of aliphatic imine (C=N–C) groups is 1. The van der Waals surface area contributed by atoms with Gasteiger partial charge in [-0.1, -0.05) is 25.1 Å². The maximum Gasteiger partial charge on any atom is 0.185 e. The Hall–Kier alpha value is -1.16. The fourth-order valence-electron chi connectivity index (χ4n) is 1.00. The molecule has 14 heavy (non-hydrogen) atoms. The predicted octanol–water partition coefficient (Wildman–Crippen LogP) is 1.44.